The lowest BCUT2D eigenvalue weighted by Gasteiger charge is -2.07. The molecule has 0 N–H and O–H groups in total. The maximum absolute atomic E-state index is 6.22. The van der Waals surface area contributed by atoms with Crippen LogP contribution in [0.3, 0.4) is 0 Å². The van der Waals surface area contributed by atoms with E-state index in [0.717, 1.165) is 29.7 Å². The van der Waals surface area contributed by atoms with E-state index in [1.807, 2.05) is 42.5 Å². The summed E-state index contributed by atoms with van der Waals surface area (Å²) in [5.74, 6) is 6.88. The van der Waals surface area contributed by atoms with E-state index in [-0.39, 0.29) is 0 Å². The smallest absolute Gasteiger partial charge is 0.137 e. The molecule has 0 unspecified atom stereocenters. The summed E-state index contributed by atoms with van der Waals surface area (Å²) in [5, 5.41) is 2.92. The van der Waals surface area contributed by atoms with Crippen molar-refractivity contribution < 1.29 is 4.74 Å². The average Bonchev–Trinajstić information content (AvgIpc) is 2.56. The van der Waals surface area contributed by atoms with Crippen molar-refractivity contribution in [3.8, 4) is 17.6 Å². The molecule has 0 aromatic heterocycles. The van der Waals surface area contributed by atoms with Gasteiger partial charge in [-0.2, -0.15) is 4.99 Å². The molecule has 0 spiro atoms. The number of hydrogen-bond acceptors (Lipinski definition) is 3. The zero-order chi connectivity index (χ0) is 16.5. The summed E-state index contributed by atoms with van der Waals surface area (Å²) >= 11 is 10.8. The number of halogens is 1. The van der Waals surface area contributed by atoms with Crippen molar-refractivity contribution in [3.63, 3.8) is 0 Å². The molecule has 0 aliphatic heterocycles. The van der Waals surface area contributed by atoms with Crippen molar-refractivity contribution in [1.29, 1.82) is 0 Å². The van der Waals surface area contributed by atoms with Crippen LogP contribution in [-0.2, 0) is 0 Å². The van der Waals surface area contributed by atoms with Crippen LogP contribution in [0.4, 0.5) is 5.69 Å². The summed E-state index contributed by atoms with van der Waals surface area (Å²) in [6.45, 7) is 2.80. The maximum Gasteiger partial charge on any atom is 0.137 e. The van der Waals surface area contributed by atoms with E-state index in [4.69, 9.17) is 16.3 Å². The highest BCUT2D eigenvalue weighted by molar-refractivity contribution is 7.78. The lowest BCUT2D eigenvalue weighted by atomic mass is 10.1. The van der Waals surface area contributed by atoms with Crippen LogP contribution in [-0.4, -0.2) is 11.8 Å². The zero-order valence-corrected chi connectivity index (χ0v) is 14.4. The minimum atomic E-state index is 0.582. The molecule has 23 heavy (non-hydrogen) atoms. The Morgan fingerprint density at radius 3 is 2.43 bits per heavy atom. The standard InChI is InChI=1S/C19H16ClNOS/c1-2-3-12-22-19-11-8-16(13-18(19)20)5-4-15-6-9-17(10-7-15)21-14-23/h6-11,13H,2-3,12H2,1H3. The number of unbranched alkanes of at least 4 members (excludes halogenated alkanes) is 1. The number of rotatable bonds is 5. The quantitative estimate of drug-likeness (QED) is 0.303. The largest absolute Gasteiger partial charge is 0.492 e. The minimum absolute atomic E-state index is 0.582. The SMILES string of the molecule is CCCCOc1ccc(C#Cc2ccc(N=C=S)cc2)cc1Cl. The highest BCUT2D eigenvalue weighted by Gasteiger charge is 2.01. The summed E-state index contributed by atoms with van der Waals surface area (Å²) in [4.78, 5) is 3.90. The van der Waals surface area contributed by atoms with Gasteiger partial charge in [0.15, 0.2) is 0 Å². The molecule has 0 heterocycles. The molecular weight excluding hydrogens is 326 g/mol. The molecule has 0 atom stereocenters. The van der Waals surface area contributed by atoms with Crippen LogP contribution < -0.4 is 4.74 Å². The Labute approximate surface area is 147 Å². The molecule has 0 saturated carbocycles. The number of thiocarbonyl (C=S) groups is 1. The highest BCUT2D eigenvalue weighted by atomic mass is 35.5. The van der Waals surface area contributed by atoms with Crippen LogP contribution in [0.5, 0.6) is 5.75 Å². The van der Waals surface area contributed by atoms with Crippen molar-refractivity contribution >= 4 is 34.7 Å². The number of isothiocyanates is 1. The molecule has 2 rings (SSSR count). The first-order valence-corrected chi connectivity index (χ1v) is 8.14. The average molecular weight is 342 g/mol. The molecule has 2 aromatic carbocycles. The van der Waals surface area contributed by atoms with Crippen LogP contribution in [0.2, 0.25) is 5.02 Å². The minimum Gasteiger partial charge on any atom is -0.492 e. The number of aliphatic imine (C=N–C) groups is 1. The number of nitrogens with zero attached hydrogens (tertiary/aromatic N) is 1. The Balaban J connectivity index is 2.08. The van der Waals surface area contributed by atoms with Crippen LogP contribution in [0.1, 0.15) is 30.9 Å². The molecule has 0 radical (unpaired) electrons. The van der Waals surface area contributed by atoms with Gasteiger partial charge in [-0.3, -0.25) is 0 Å². The Morgan fingerprint density at radius 1 is 1.09 bits per heavy atom. The van der Waals surface area contributed by atoms with Gasteiger partial charge in [0.25, 0.3) is 0 Å². The van der Waals surface area contributed by atoms with Gasteiger partial charge in [-0.25, -0.2) is 0 Å². The third-order valence-corrected chi connectivity index (χ3v) is 3.47. The predicted octanol–water partition coefficient (Wildman–Crippen LogP) is 5.65. The first-order chi connectivity index (χ1) is 11.2. The topological polar surface area (TPSA) is 21.6 Å². The van der Waals surface area contributed by atoms with Gasteiger partial charge >= 0.3 is 0 Å². The molecule has 2 aromatic rings. The van der Waals surface area contributed by atoms with Gasteiger partial charge in [-0.05, 0) is 61.1 Å². The van der Waals surface area contributed by atoms with Crippen molar-refractivity contribution in [3.05, 3.63) is 58.6 Å². The summed E-state index contributed by atoms with van der Waals surface area (Å²) in [6.07, 6.45) is 2.11. The monoisotopic (exact) mass is 341 g/mol. The van der Waals surface area contributed by atoms with Crippen LogP contribution in [0.25, 0.3) is 0 Å². The number of benzene rings is 2. The van der Waals surface area contributed by atoms with E-state index in [1.165, 1.54) is 0 Å². The molecule has 116 valence electrons. The highest BCUT2D eigenvalue weighted by Crippen LogP contribution is 2.25. The third kappa shape index (κ3) is 5.54. The fourth-order valence-electron chi connectivity index (χ4n) is 1.84. The summed E-state index contributed by atoms with van der Waals surface area (Å²) in [7, 11) is 0. The van der Waals surface area contributed by atoms with Gasteiger partial charge in [-0.1, -0.05) is 36.8 Å². The van der Waals surface area contributed by atoms with Gasteiger partial charge in [0.2, 0.25) is 0 Å². The fraction of sp³-hybridized carbons (Fsp3) is 0.211. The summed E-state index contributed by atoms with van der Waals surface area (Å²) < 4.78 is 5.63. The van der Waals surface area contributed by atoms with Gasteiger partial charge < -0.3 is 4.74 Å². The van der Waals surface area contributed by atoms with Crippen molar-refractivity contribution in [2.75, 3.05) is 6.61 Å². The van der Waals surface area contributed by atoms with E-state index in [1.54, 1.807) is 0 Å². The Bertz CT molecular complexity index is 768. The second kappa shape index (κ2) is 9.12. The molecule has 2 nitrogen and oxygen atoms in total. The Kier molecular flexibility index (Phi) is 6.84. The van der Waals surface area contributed by atoms with Crippen molar-refractivity contribution in [1.82, 2.24) is 0 Å². The van der Waals surface area contributed by atoms with E-state index < -0.39 is 0 Å². The summed E-state index contributed by atoms with van der Waals surface area (Å²) in [6, 6.07) is 13.1. The molecule has 0 bridgehead atoms. The molecule has 4 heteroatoms. The number of ether oxygens (including phenoxy) is 1. The molecule has 0 amide bonds. The fourth-order valence-corrected chi connectivity index (χ4v) is 2.18. The van der Waals surface area contributed by atoms with E-state index in [9.17, 15) is 0 Å². The van der Waals surface area contributed by atoms with Crippen LogP contribution in [0.15, 0.2) is 47.5 Å². The van der Waals surface area contributed by atoms with E-state index in [0.29, 0.717) is 17.4 Å². The normalized spacial score (nSPS) is 9.48. The van der Waals surface area contributed by atoms with Gasteiger partial charge in [0.1, 0.15) is 5.75 Å². The molecule has 0 aliphatic rings. The summed E-state index contributed by atoms with van der Waals surface area (Å²) in [5.41, 5.74) is 2.51. The lowest BCUT2D eigenvalue weighted by Crippen LogP contribution is -1.97. The number of hydrogen-bond donors (Lipinski definition) is 0. The maximum atomic E-state index is 6.22. The molecular formula is C19H16ClNOS. The molecule has 0 fully saturated rings. The predicted molar refractivity (Wildman–Crippen MR) is 99.0 cm³/mol. The Morgan fingerprint density at radius 2 is 1.78 bits per heavy atom. The van der Waals surface area contributed by atoms with Crippen LogP contribution >= 0.6 is 23.8 Å². The second-order valence-electron chi connectivity index (χ2n) is 4.85. The van der Waals surface area contributed by atoms with Crippen LogP contribution in [0, 0.1) is 11.8 Å². The van der Waals surface area contributed by atoms with Crippen molar-refractivity contribution in [2.24, 2.45) is 4.99 Å². The lowest BCUT2D eigenvalue weighted by molar-refractivity contribution is 0.309. The Hall–Kier alpha value is -2.11. The first kappa shape index (κ1) is 17.2. The first-order valence-electron chi connectivity index (χ1n) is 7.35. The van der Waals surface area contributed by atoms with Gasteiger partial charge in [0.05, 0.1) is 22.5 Å². The molecule has 0 saturated heterocycles. The second-order valence-corrected chi connectivity index (χ2v) is 5.44. The van der Waals surface area contributed by atoms with Gasteiger partial charge in [0, 0.05) is 11.1 Å². The van der Waals surface area contributed by atoms with E-state index in [2.05, 4.69) is 41.1 Å². The van der Waals surface area contributed by atoms with E-state index >= 15 is 0 Å². The van der Waals surface area contributed by atoms with Gasteiger partial charge in [-0.15, -0.1) is 0 Å². The third-order valence-electron chi connectivity index (χ3n) is 3.08. The van der Waals surface area contributed by atoms with Crippen molar-refractivity contribution in [2.45, 2.75) is 19.8 Å². The molecule has 0 aliphatic carbocycles. The zero-order valence-electron chi connectivity index (χ0n) is 12.8.